The lowest BCUT2D eigenvalue weighted by atomic mass is 9.86. The van der Waals surface area contributed by atoms with Crippen LogP contribution in [0.25, 0.3) is 0 Å². The van der Waals surface area contributed by atoms with Crippen molar-refractivity contribution in [2.75, 3.05) is 0 Å². The van der Waals surface area contributed by atoms with E-state index >= 15 is 0 Å². The van der Waals surface area contributed by atoms with E-state index in [0.29, 0.717) is 24.4 Å². The van der Waals surface area contributed by atoms with Gasteiger partial charge in [0.05, 0.1) is 5.92 Å². The van der Waals surface area contributed by atoms with Crippen LogP contribution in [0.15, 0.2) is 24.3 Å². The Kier molecular flexibility index (Phi) is 5.44. The van der Waals surface area contributed by atoms with E-state index in [0.717, 1.165) is 18.4 Å². The molecule has 1 saturated carbocycles. The molecule has 3 N–H and O–H groups in total. The molecule has 1 aromatic rings. The van der Waals surface area contributed by atoms with E-state index in [1.54, 1.807) is 12.1 Å². The molecule has 1 fully saturated rings. The lowest BCUT2D eigenvalue weighted by Crippen LogP contribution is -2.44. The molecule has 2 unspecified atom stereocenters. The smallest absolute Gasteiger partial charge is 0.315 e. The number of carboxylic acids is 1. The third-order valence-corrected chi connectivity index (χ3v) is 3.98. The van der Waals surface area contributed by atoms with Gasteiger partial charge in [-0.1, -0.05) is 30.2 Å². The maximum atomic E-state index is 11.8. The second-order valence-electron chi connectivity index (χ2n) is 5.35. The summed E-state index contributed by atoms with van der Waals surface area (Å²) in [5.41, 5.74) is 0.960. The van der Waals surface area contributed by atoms with Crippen LogP contribution in [-0.4, -0.2) is 23.1 Å². The monoisotopic (exact) mass is 310 g/mol. The normalized spacial score (nSPS) is 21.6. The van der Waals surface area contributed by atoms with Crippen LogP contribution in [0.1, 0.15) is 31.2 Å². The van der Waals surface area contributed by atoms with E-state index in [4.69, 9.17) is 16.7 Å². The first-order valence-electron chi connectivity index (χ1n) is 7.06. The van der Waals surface area contributed by atoms with Crippen molar-refractivity contribution >= 4 is 23.6 Å². The zero-order valence-corrected chi connectivity index (χ0v) is 12.4. The highest BCUT2D eigenvalue weighted by molar-refractivity contribution is 6.30. The van der Waals surface area contributed by atoms with Crippen LogP contribution in [0.2, 0.25) is 5.02 Å². The summed E-state index contributed by atoms with van der Waals surface area (Å²) in [5, 5.41) is 15.3. The summed E-state index contributed by atoms with van der Waals surface area (Å²) in [6, 6.07) is 6.92. The molecule has 21 heavy (non-hydrogen) atoms. The number of carbonyl (C=O) groups excluding carboxylic acids is 1. The van der Waals surface area contributed by atoms with Gasteiger partial charge in [0.2, 0.25) is 0 Å². The van der Waals surface area contributed by atoms with Crippen molar-refractivity contribution in [3.8, 4) is 0 Å². The van der Waals surface area contributed by atoms with Gasteiger partial charge in [-0.05, 0) is 37.0 Å². The standard InChI is InChI=1S/C15H19ClN2O3/c16-12-6-4-10(5-7-12)9-17-15(21)18-13-3-1-2-11(8-13)14(19)20/h4-7,11,13H,1-3,8-9H2,(H,19,20)(H2,17,18,21). The third kappa shape index (κ3) is 4.93. The van der Waals surface area contributed by atoms with Gasteiger partial charge in [0.25, 0.3) is 0 Å². The van der Waals surface area contributed by atoms with Gasteiger partial charge in [-0.25, -0.2) is 4.79 Å². The molecule has 2 amide bonds. The number of rotatable bonds is 4. The average molecular weight is 311 g/mol. The third-order valence-electron chi connectivity index (χ3n) is 3.72. The molecule has 114 valence electrons. The molecule has 0 radical (unpaired) electrons. The largest absolute Gasteiger partial charge is 0.481 e. The van der Waals surface area contributed by atoms with Crippen molar-refractivity contribution in [1.29, 1.82) is 0 Å². The lowest BCUT2D eigenvalue weighted by Gasteiger charge is -2.27. The second kappa shape index (κ2) is 7.31. The molecule has 1 aliphatic rings. The SMILES string of the molecule is O=C(NCc1ccc(Cl)cc1)NC1CCCC(C(=O)O)C1. The van der Waals surface area contributed by atoms with Crippen LogP contribution in [0.5, 0.6) is 0 Å². The number of carboxylic acid groups (broad SMARTS) is 1. The highest BCUT2D eigenvalue weighted by Crippen LogP contribution is 2.24. The molecule has 2 rings (SSSR count). The maximum Gasteiger partial charge on any atom is 0.315 e. The number of aliphatic carboxylic acids is 1. The van der Waals surface area contributed by atoms with Crippen molar-refractivity contribution < 1.29 is 14.7 Å². The Morgan fingerprint density at radius 2 is 1.95 bits per heavy atom. The van der Waals surface area contributed by atoms with Gasteiger partial charge < -0.3 is 15.7 Å². The lowest BCUT2D eigenvalue weighted by molar-refractivity contribution is -0.143. The number of hydrogen-bond acceptors (Lipinski definition) is 2. The van der Waals surface area contributed by atoms with Gasteiger partial charge in [-0.3, -0.25) is 4.79 Å². The maximum absolute atomic E-state index is 11.8. The Morgan fingerprint density at radius 3 is 2.62 bits per heavy atom. The van der Waals surface area contributed by atoms with E-state index in [1.165, 1.54) is 0 Å². The number of halogens is 1. The zero-order valence-electron chi connectivity index (χ0n) is 11.6. The first-order chi connectivity index (χ1) is 10.0. The molecule has 0 aliphatic heterocycles. The average Bonchev–Trinajstić information content (AvgIpc) is 2.47. The summed E-state index contributed by atoms with van der Waals surface area (Å²) < 4.78 is 0. The van der Waals surface area contributed by atoms with Crippen LogP contribution in [0.3, 0.4) is 0 Å². The zero-order chi connectivity index (χ0) is 15.2. The van der Waals surface area contributed by atoms with Gasteiger partial charge in [-0.2, -0.15) is 0 Å². The Morgan fingerprint density at radius 1 is 1.24 bits per heavy atom. The van der Waals surface area contributed by atoms with Gasteiger partial charge in [0.15, 0.2) is 0 Å². The van der Waals surface area contributed by atoms with E-state index in [-0.39, 0.29) is 18.0 Å². The van der Waals surface area contributed by atoms with Crippen molar-refractivity contribution in [3.05, 3.63) is 34.9 Å². The first-order valence-corrected chi connectivity index (χ1v) is 7.44. The summed E-state index contributed by atoms with van der Waals surface area (Å²) in [4.78, 5) is 22.8. The van der Waals surface area contributed by atoms with Gasteiger partial charge in [0, 0.05) is 17.6 Å². The molecule has 0 saturated heterocycles. The number of amides is 2. The van der Waals surface area contributed by atoms with E-state index in [2.05, 4.69) is 10.6 Å². The summed E-state index contributed by atoms with van der Waals surface area (Å²) in [5.74, 6) is -1.12. The Balaban J connectivity index is 1.76. The van der Waals surface area contributed by atoms with Crippen molar-refractivity contribution in [2.24, 2.45) is 5.92 Å². The molecule has 0 heterocycles. The highest BCUT2D eigenvalue weighted by Gasteiger charge is 2.27. The summed E-state index contributed by atoms with van der Waals surface area (Å²) in [6.07, 6.45) is 2.86. The van der Waals surface area contributed by atoms with Crippen LogP contribution >= 0.6 is 11.6 Å². The van der Waals surface area contributed by atoms with Gasteiger partial charge in [0.1, 0.15) is 0 Å². The van der Waals surface area contributed by atoms with E-state index in [1.807, 2.05) is 12.1 Å². The van der Waals surface area contributed by atoms with Crippen LogP contribution in [0, 0.1) is 5.92 Å². The van der Waals surface area contributed by atoms with Crippen LogP contribution < -0.4 is 10.6 Å². The first kappa shape index (κ1) is 15.6. The molecule has 0 bridgehead atoms. The minimum absolute atomic E-state index is 0.0648. The fourth-order valence-corrected chi connectivity index (χ4v) is 2.69. The molecule has 2 atom stereocenters. The van der Waals surface area contributed by atoms with E-state index in [9.17, 15) is 9.59 Å². The quantitative estimate of drug-likeness (QED) is 0.800. The summed E-state index contributed by atoms with van der Waals surface area (Å²) in [7, 11) is 0. The van der Waals surface area contributed by atoms with Crippen LogP contribution in [0.4, 0.5) is 4.79 Å². The molecule has 1 aromatic carbocycles. The molecule has 6 heteroatoms. The predicted octanol–water partition coefficient (Wildman–Crippen LogP) is 2.78. The van der Waals surface area contributed by atoms with Crippen molar-refractivity contribution in [3.63, 3.8) is 0 Å². The fraction of sp³-hybridized carbons (Fsp3) is 0.467. The van der Waals surface area contributed by atoms with Crippen molar-refractivity contribution in [2.45, 2.75) is 38.3 Å². The molecular weight excluding hydrogens is 292 g/mol. The molecule has 5 nitrogen and oxygen atoms in total. The van der Waals surface area contributed by atoms with Gasteiger partial charge in [-0.15, -0.1) is 0 Å². The summed E-state index contributed by atoms with van der Waals surface area (Å²) in [6.45, 7) is 0.415. The van der Waals surface area contributed by atoms with Crippen molar-refractivity contribution in [1.82, 2.24) is 10.6 Å². The number of urea groups is 1. The highest BCUT2D eigenvalue weighted by atomic mass is 35.5. The second-order valence-corrected chi connectivity index (χ2v) is 5.79. The number of hydrogen-bond donors (Lipinski definition) is 3. The van der Waals surface area contributed by atoms with E-state index < -0.39 is 5.97 Å². The molecule has 0 spiro atoms. The van der Waals surface area contributed by atoms with Gasteiger partial charge >= 0.3 is 12.0 Å². The number of nitrogens with one attached hydrogen (secondary N) is 2. The molecular formula is C15H19ClN2O3. The minimum atomic E-state index is -0.775. The Hall–Kier alpha value is -1.75. The Labute approximate surface area is 128 Å². The Bertz CT molecular complexity index is 504. The number of carbonyl (C=O) groups is 2. The molecule has 1 aliphatic carbocycles. The number of benzene rings is 1. The molecule has 0 aromatic heterocycles. The van der Waals surface area contributed by atoms with Crippen LogP contribution in [-0.2, 0) is 11.3 Å². The predicted molar refractivity (Wildman–Crippen MR) is 80.2 cm³/mol. The topological polar surface area (TPSA) is 78.4 Å². The fourth-order valence-electron chi connectivity index (χ4n) is 2.57. The summed E-state index contributed by atoms with van der Waals surface area (Å²) >= 11 is 5.79. The minimum Gasteiger partial charge on any atom is -0.481 e.